The lowest BCUT2D eigenvalue weighted by atomic mass is 9.89. The Balaban J connectivity index is 1.19. The van der Waals surface area contributed by atoms with E-state index in [0.717, 1.165) is 70.8 Å². The average Bonchev–Trinajstić information content (AvgIpc) is 3.41. The van der Waals surface area contributed by atoms with Crippen LogP contribution in [0.2, 0.25) is 0 Å². The second-order valence-electron chi connectivity index (χ2n) is 9.87. The molecule has 2 aliphatic heterocycles. The predicted octanol–water partition coefficient (Wildman–Crippen LogP) is 3.37. The highest BCUT2D eigenvalue weighted by atomic mass is 16.5. The molecule has 6 rings (SSSR count). The van der Waals surface area contributed by atoms with Crippen LogP contribution < -0.4 is 0 Å². The van der Waals surface area contributed by atoms with Crippen LogP contribution in [0.5, 0.6) is 0 Å². The van der Waals surface area contributed by atoms with Crippen LogP contribution in [0, 0.1) is 5.92 Å². The third kappa shape index (κ3) is 4.50. The van der Waals surface area contributed by atoms with Crippen LogP contribution in [0.25, 0.3) is 17.4 Å². The molecule has 5 heterocycles. The lowest BCUT2D eigenvalue weighted by molar-refractivity contribution is -0.000957. The van der Waals surface area contributed by atoms with E-state index in [1.165, 1.54) is 0 Å². The van der Waals surface area contributed by atoms with E-state index in [-0.39, 0.29) is 5.91 Å². The van der Waals surface area contributed by atoms with Crippen LogP contribution in [0.3, 0.4) is 0 Å². The van der Waals surface area contributed by atoms with Gasteiger partial charge in [-0.15, -0.1) is 0 Å². The maximum Gasteiger partial charge on any atom is 0.257 e. The van der Waals surface area contributed by atoms with E-state index < -0.39 is 0 Å². The first-order chi connectivity index (χ1) is 17.2. The molecule has 0 radical (unpaired) electrons. The van der Waals surface area contributed by atoms with E-state index in [4.69, 9.17) is 9.15 Å². The first kappa shape index (κ1) is 22.4. The summed E-state index contributed by atoms with van der Waals surface area (Å²) in [6.07, 6.45) is 9.23. The number of nitrogens with zero attached hydrogens (tertiary/aromatic N) is 6. The van der Waals surface area contributed by atoms with E-state index >= 15 is 0 Å². The summed E-state index contributed by atoms with van der Waals surface area (Å²) in [5, 5.41) is 4.59. The highest BCUT2D eigenvalue weighted by molar-refractivity contribution is 5.95. The van der Waals surface area contributed by atoms with Crippen molar-refractivity contribution in [2.45, 2.75) is 44.6 Å². The minimum absolute atomic E-state index is 0.0813. The number of likely N-dealkylation sites (tertiary alicyclic amines) is 1. The molecule has 9 nitrogen and oxygen atoms in total. The zero-order valence-corrected chi connectivity index (χ0v) is 20.2. The molecule has 1 saturated carbocycles. The summed E-state index contributed by atoms with van der Waals surface area (Å²) in [7, 11) is 0. The molecule has 0 aromatic carbocycles. The Hall–Kier alpha value is -3.04. The number of hydrogen-bond donors (Lipinski definition) is 0. The Bertz CT molecular complexity index is 1160. The number of carbonyl (C=O) groups excluding carboxylic acids is 1. The van der Waals surface area contributed by atoms with Gasteiger partial charge in [-0.1, -0.05) is 0 Å². The Labute approximate surface area is 205 Å². The predicted molar refractivity (Wildman–Crippen MR) is 129 cm³/mol. The van der Waals surface area contributed by atoms with Gasteiger partial charge in [0.2, 0.25) is 0 Å². The van der Waals surface area contributed by atoms with Crippen LogP contribution in [0.4, 0.5) is 0 Å². The maximum absolute atomic E-state index is 13.6. The van der Waals surface area contributed by atoms with Crippen molar-refractivity contribution in [1.29, 1.82) is 0 Å². The molecule has 1 aliphatic carbocycles. The zero-order chi connectivity index (χ0) is 23.8. The van der Waals surface area contributed by atoms with E-state index in [1.54, 1.807) is 23.3 Å². The first-order valence-electron chi connectivity index (χ1n) is 12.8. The number of ether oxygens (including phenoxy) is 1. The molecule has 1 atom stereocenters. The molecule has 9 heteroatoms. The molecular formula is C26H32N6O3. The SMILES string of the molecule is CC(C1CCN(C(=O)c2cnn(-c3nccc(-c4ccco4)n3)c2C2CC2)CC1)N1CCOCC1. The smallest absolute Gasteiger partial charge is 0.257 e. The molecular weight excluding hydrogens is 444 g/mol. The van der Waals surface area contributed by atoms with Crippen molar-refractivity contribution in [3.05, 3.63) is 48.1 Å². The zero-order valence-electron chi connectivity index (χ0n) is 20.2. The lowest BCUT2D eigenvalue weighted by Crippen LogP contribution is -2.49. The largest absolute Gasteiger partial charge is 0.463 e. The number of morpholine rings is 1. The van der Waals surface area contributed by atoms with Crippen LogP contribution in [0.1, 0.15) is 54.6 Å². The Kier molecular flexibility index (Phi) is 6.12. The van der Waals surface area contributed by atoms with Gasteiger partial charge in [0.1, 0.15) is 5.69 Å². The van der Waals surface area contributed by atoms with Crippen LogP contribution in [0.15, 0.2) is 41.3 Å². The molecule has 1 amide bonds. The molecule has 3 fully saturated rings. The molecule has 35 heavy (non-hydrogen) atoms. The van der Waals surface area contributed by atoms with Crippen LogP contribution in [-0.4, -0.2) is 80.9 Å². The van der Waals surface area contributed by atoms with Gasteiger partial charge in [-0.2, -0.15) is 5.10 Å². The molecule has 3 aliphatic rings. The summed E-state index contributed by atoms with van der Waals surface area (Å²) in [5.41, 5.74) is 2.33. The second-order valence-corrected chi connectivity index (χ2v) is 9.87. The summed E-state index contributed by atoms with van der Waals surface area (Å²) >= 11 is 0. The Morgan fingerprint density at radius 1 is 1.09 bits per heavy atom. The van der Waals surface area contributed by atoms with Gasteiger partial charge in [-0.05, 0) is 56.7 Å². The number of furan rings is 1. The maximum atomic E-state index is 13.6. The standard InChI is InChI=1S/C26H32N6O3/c1-18(30-12-15-34-16-13-30)19-7-10-31(11-8-19)25(33)21-17-28-32(24(21)20-4-5-20)26-27-9-6-22(29-26)23-3-2-14-35-23/h2-3,6,9,14,17-20H,4-5,7-8,10-13,15-16H2,1H3. The van der Waals surface area contributed by atoms with Crippen LogP contribution in [-0.2, 0) is 4.74 Å². The van der Waals surface area contributed by atoms with Crippen molar-refractivity contribution in [2.75, 3.05) is 39.4 Å². The van der Waals surface area contributed by atoms with E-state index in [2.05, 4.69) is 26.9 Å². The minimum Gasteiger partial charge on any atom is -0.463 e. The summed E-state index contributed by atoms with van der Waals surface area (Å²) < 4.78 is 12.8. The number of amides is 1. The van der Waals surface area contributed by atoms with Gasteiger partial charge in [0, 0.05) is 44.3 Å². The summed E-state index contributed by atoms with van der Waals surface area (Å²) in [4.78, 5) is 27.3. The fraction of sp³-hybridized carbons (Fsp3) is 0.538. The highest BCUT2D eigenvalue weighted by Crippen LogP contribution is 2.42. The van der Waals surface area contributed by atoms with Crippen molar-refractivity contribution < 1.29 is 13.9 Å². The van der Waals surface area contributed by atoms with Crippen molar-refractivity contribution in [1.82, 2.24) is 29.5 Å². The molecule has 1 unspecified atom stereocenters. The monoisotopic (exact) mass is 476 g/mol. The number of carbonyl (C=O) groups is 1. The Morgan fingerprint density at radius 2 is 1.89 bits per heavy atom. The fourth-order valence-electron chi connectivity index (χ4n) is 5.48. The Morgan fingerprint density at radius 3 is 2.60 bits per heavy atom. The molecule has 0 spiro atoms. The van der Waals surface area contributed by atoms with E-state index in [0.29, 0.717) is 40.8 Å². The second kappa shape index (κ2) is 9.54. The quantitative estimate of drug-likeness (QED) is 0.539. The van der Waals surface area contributed by atoms with Crippen molar-refractivity contribution in [2.24, 2.45) is 5.92 Å². The van der Waals surface area contributed by atoms with Gasteiger partial charge >= 0.3 is 0 Å². The molecule has 184 valence electrons. The van der Waals surface area contributed by atoms with Gasteiger partial charge in [-0.3, -0.25) is 9.69 Å². The molecule has 0 bridgehead atoms. The van der Waals surface area contributed by atoms with Gasteiger partial charge in [-0.25, -0.2) is 14.6 Å². The fourth-order valence-corrected chi connectivity index (χ4v) is 5.48. The highest BCUT2D eigenvalue weighted by Gasteiger charge is 2.36. The van der Waals surface area contributed by atoms with Crippen molar-refractivity contribution >= 4 is 5.91 Å². The molecule has 2 saturated heterocycles. The third-order valence-electron chi connectivity index (χ3n) is 7.74. The van der Waals surface area contributed by atoms with Gasteiger partial charge in [0.05, 0.1) is 36.9 Å². The summed E-state index contributed by atoms with van der Waals surface area (Å²) in [6, 6.07) is 6.05. The number of piperidine rings is 1. The number of hydrogen-bond acceptors (Lipinski definition) is 7. The molecule has 3 aromatic rings. The normalized spacial score (nSPS) is 20.8. The molecule has 0 N–H and O–H groups in total. The lowest BCUT2D eigenvalue weighted by Gasteiger charge is -2.41. The van der Waals surface area contributed by atoms with Crippen molar-refractivity contribution in [3.63, 3.8) is 0 Å². The van der Waals surface area contributed by atoms with Crippen LogP contribution >= 0.6 is 0 Å². The number of rotatable bonds is 6. The summed E-state index contributed by atoms with van der Waals surface area (Å²) in [6.45, 7) is 7.57. The van der Waals surface area contributed by atoms with E-state index in [1.807, 2.05) is 23.1 Å². The average molecular weight is 477 g/mol. The number of aromatic nitrogens is 4. The van der Waals surface area contributed by atoms with Gasteiger partial charge in [0.15, 0.2) is 5.76 Å². The third-order valence-corrected chi connectivity index (χ3v) is 7.74. The minimum atomic E-state index is 0.0813. The van der Waals surface area contributed by atoms with Crippen molar-refractivity contribution in [3.8, 4) is 17.4 Å². The van der Waals surface area contributed by atoms with E-state index in [9.17, 15) is 4.79 Å². The first-order valence-corrected chi connectivity index (χ1v) is 12.8. The van der Waals surface area contributed by atoms with Gasteiger partial charge in [0.25, 0.3) is 11.9 Å². The summed E-state index contributed by atoms with van der Waals surface area (Å²) in [5.74, 6) is 2.17. The van der Waals surface area contributed by atoms with Gasteiger partial charge < -0.3 is 14.1 Å². The topological polar surface area (TPSA) is 89.5 Å². The molecule has 3 aromatic heterocycles.